The van der Waals surface area contributed by atoms with Gasteiger partial charge in [0.15, 0.2) is 0 Å². The SMILES string of the molecule is CC1CCC(CNc2cnn(C)c(=O)c2Cl)C1. The molecule has 0 amide bonds. The third kappa shape index (κ3) is 2.80. The molecule has 2 rings (SSSR count). The van der Waals surface area contributed by atoms with Crippen molar-refractivity contribution in [1.29, 1.82) is 0 Å². The van der Waals surface area contributed by atoms with Crippen LogP contribution in [0.25, 0.3) is 0 Å². The zero-order valence-corrected chi connectivity index (χ0v) is 11.0. The van der Waals surface area contributed by atoms with Crippen LogP contribution in [0.4, 0.5) is 5.69 Å². The van der Waals surface area contributed by atoms with Crippen LogP contribution in [-0.4, -0.2) is 16.3 Å². The number of aromatic nitrogens is 2. The largest absolute Gasteiger partial charge is 0.382 e. The molecule has 1 aliphatic rings. The molecule has 1 aromatic rings. The maximum Gasteiger partial charge on any atom is 0.287 e. The Hall–Kier alpha value is -1.03. The third-order valence-electron chi connectivity index (χ3n) is 3.46. The highest BCUT2D eigenvalue weighted by Gasteiger charge is 2.21. The molecule has 1 saturated carbocycles. The van der Waals surface area contributed by atoms with Gasteiger partial charge in [-0.05, 0) is 24.7 Å². The highest BCUT2D eigenvalue weighted by atomic mass is 35.5. The second kappa shape index (κ2) is 5.08. The summed E-state index contributed by atoms with van der Waals surface area (Å²) in [5.74, 6) is 1.50. The average Bonchev–Trinajstić information content (AvgIpc) is 2.71. The Morgan fingerprint density at radius 2 is 2.35 bits per heavy atom. The predicted molar refractivity (Wildman–Crippen MR) is 69.5 cm³/mol. The van der Waals surface area contributed by atoms with Crippen molar-refractivity contribution in [3.8, 4) is 0 Å². The molecule has 0 aromatic carbocycles. The number of hydrogen-bond donors (Lipinski definition) is 1. The Kier molecular flexibility index (Phi) is 3.72. The fraction of sp³-hybridized carbons (Fsp3) is 0.667. The van der Waals surface area contributed by atoms with Crippen LogP contribution < -0.4 is 10.9 Å². The van der Waals surface area contributed by atoms with E-state index in [1.165, 1.54) is 23.9 Å². The minimum absolute atomic E-state index is 0.230. The van der Waals surface area contributed by atoms with Crippen molar-refractivity contribution < 1.29 is 0 Å². The molecular weight excluding hydrogens is 238 g/mol. The molecule has 1 fully saturated rings. The second-order valence-corrected chi connectivity index (χ2v) is 5.34. The maximum absolute atomic E-state index is 11.6. The highest BCUT2D eigenvalue weighted by Crippen LogP contribution is 2.30. The number of hydrogen-bond acceptors (Lipinski definition) is 3. The summed E-state index contributed by atoms with van der Waals surface area (Å²) in [6.07, 6.45) is 5.42. The van der Waals surface area contributed by atoms with E-state index < -0.39 is 0 Å². The van der Waals surface area contributed by atoms with Gasteiger partial charge in [-0.25, -0.2) is 4.68 Å². The predicted octanol–water partition coefficient (Wildman–Crippen LogP) is 2.28. The van der Waals surface area contributed by atoms with Crippen LogP contribution in [0.1, 0.15) is 26.2 Å². The van der Waals surface area contributed by atoms with Gasteiger partial charge in [0.25, 0.3) is 5.56 Å². The zero-order chi connectivity index (χ0) is 12.4. The molecule has 4 nitrogen and oxygen atoms in total. The van der Waals surface area contributed by atoms with Gasteiger partial charge < -0.3 is 5.32 Å². The van der Waals surface area contributed by atoms with E-state index >= 15 is 0 Å². The van der Waals surface area contributed by atoms with Crippen molar-refractivity contribution in [2.75, 3.05) is 11.9 Å². The molecule has 0 bridgehead atoms. The van der Waals surface area contributed by atoms with Crippen molar-refractivity contribution in [2.45, 2.75) is 26.2 Å². The van der Waals surface area contributed by atoms with Gasteiger partial charge in [-0.3, -0.25) is 4.79 Å². The maximum atomic E-state index is 11.6. The van der Waals surface area contributed by atoms with Gasteiger partial charge in [0, 0.05) is 13.6 Å². The Morgan fingerprint density at radius 3 is 3.00 bits per heavy atom. The Labute approximate surface area is 106 Å². The van der Waals surface area contributed by atoms with Crippen LogP contribution in [-0.2, 0) is 7.05 Å². The summed E-state index contributed by atoms with van der Waals surface area (Å²) in [6.45, 7) is 3.16. The number of rotatable bonds is 3. The van der Waals surface area contributed by atoms with Gasteiger partial charge in [0.2, 0.25) is 0 Å². The summed E-state index contributed by atoms with van der Waals surface area (Å²) >= 11 is 5.98. The Bertz CT molecular complexity index is 458. The van der Waals surface area contributed by atoms with Crippen molar-refractivity contribution >= 4 is 17.3 Å². The lowest BCUT2D eigenvalue weighted by molar-refractivity contribution is 0.537. The number of nitrogens with zero attached hydrogens (tertiary/aromatic N) is 2. The van der Waals surface area contributed by atoms with E-state index in [0.29, 0.717) is 11.6 Å². The van der Waals surface area contributed by atoms with Crippen molar-refractivity contribution in [3.63, 3.8) is 0 Å². The van der Waals surface area contributed by atoms with Gasteiger partial charge in [-0.1, -0.05) is 24.9 Å². The number of aryl methyl sites for hydroxylation is 1. The van der Waals surface area contributed by atoms with E-state index in [9.17, 15) is 4.79 Å². The molecule has 0 aliphatic heterocycles. The first kappa shape index (κ1) is 12.4. The lowest BCUT2D eigenvalue weighted by Crippen LogP contribution is -2.22. The van der Waals surface area contributed by atoms with Gasteiger partial charge in [0.05, 0.1) is 11.9 Å². The molecule has 0 radical (unpaired) electrons. The Balaban J connectivity index is 2.00. The first-order valence-electron chi connectivity index (χ1n) is 6.03. The highest BCUT2D eigenvalue weighted by molar-refractivity contribution is 6.32. The summed E-state index contributed by atoms with van der Waals surface area (Å²) in [6, 6.07) is 0. The first-order chi connectivity index (χ1) is 8.08. The van der Waals surface area contributed by atoms with E-state index in [1.54, 1.807) is 13.2 Å². The van der Waals surface area contributed by atoms with Crippen LogP contribution in [0, 0.1) is 11.8 Å². The van der Waals surface area contributed by atoms with E-state index in [-0.39, 0.29) is 10.6 Å². The number of nitrogens with one attached hydrogen (secondary N) is 1. The summed E-state index contributed by atoms with van der Waals surface area (Å²) in [4.78, 5) is 11.6. The molecular formula is C12H18ClN3O. The smallest absolute Gasteiger partial charge is 0.287 e. The molecule has 1 N–H and O–H groups in total. The standard InChI is InChI=1S/C12H18ClN3O/c1-8-3-4-9(5-8)6-14-10-7-15-16(2)12(17)11(10)13/h7-9,14H,3-6H2,1-2H3. The fourth-order valence-corrected chi connectivity index (χ4v) is 2.64. The molecule has 2 atom stereocenters. The normalized spacial score (nSPS) is 23.9. The molecule has 0 saturated heterocycles. The lowest BCUT2D eigenvalue weighted by Gasteiger charge is -2.13. The summed E-state index contributed by atoms with van der Waals surface area (Å²) in [5.41, 5.74) is 0.394. The van der Waals surface area contributed by atoms with Gasteiger partial charge in [-0.15, -0.1) is 0 Å². The van der Waals surface area contributed by atoms with E-state index in [2.05, 4.69) is 17.3 Å². The molecule has 17 heavy (non-hydrogen) atoms. The summed E-state index contributed by atoms with van der Waals surface area (Å²) in [5, 5.41) is 7.42. The van der Waals surface area contributed by atoms with Gasteiger partial charge >= 0.3 is 0 Å². The van der Waals surface area contributed by atoms with Crippen molar-refractivity contribution in [2.24, 2.45) is 18.9 Å². The van der Waals surface area contributed by atoms with Crippen LogP contribution in [0.3, 0.4) is 0 Å². The lowest BCUT2D eigenvalue weighted by atomic mass is 10.1. The van der Waals surface area contributed by atoms with Crippen LogP contribution in [0.2, 0.25) is 5.02 Å². The molecule has 0 spiro atoms. The molecule has 2 unspecified atom stereocenters. The van der Waals surface area contributed by atoms with Crippen molar-refractivity contribution in [3.05, 3.63) is 21.6 Å². The van der Waals surface area contributed by atoms with Crippen LogP contribution in [0.15, 0.2) is 11.0 Å². The summed E-state index contributed by atoms with van der Waals surface area (Å²) < 4.78 is 1.24. The monoisotopic (exact) mass is 255 g/mol. The fourth-order valence-electron chi connectivity index (χ4n) is 2.40. The molecule has 1 aliphatic carbocycles. The molecule has 1 heterocycles. The van der Waals surface area contributed by atoms with Crippen molar-refractivity contribution in [1.82, 2.24) is 9.78 Å². The average molecular weight is 256 g/mol. The minimum Gasteiger partial charge on any atom is -0.382 e. The van der Waals surface area contributed by atoms with E-state index in [0.717, 1.165) is 12.5 Å². The van der Waals surface area contributed by atoms with Crippen LogP contribution >= 0.6 is 11.6 Å². The Morgan fingerprint density at radius 1 is 1.59 bits per heavy atom. The number of halogens is 1. The molecule has 1 aromatic heterocycles. The molecule has 5 heteroatoms. The van der Waals surface area contributed by atoms with Crippen LogP contribution in [0.5, 0.6) is 0 Å². The summed E-state index contributed by atoms with van der Waals surface area (Å²) in [7, 11) is 1.59. The number of anilines is 1. The zero-order valence-electron chi connectivity index (χ0n) is 10.2. The van der Waals surface area contributed by atoms with E-state index in [1.807, 2.05) is 0 Å². The quantitative estimate of drug-likeness (QED) is 0.902. The molecule has 94 valence electrons. The van der Waals surface area contributed by atoms with Gasteiger partial charge in [-0.2, -0.15) is 5.10 Å². The van der Waals surface area contributed by atoms with E-state index in [4.69, 9.17) is 11.6 Å². The minimum atomic E-state index is -0.253. The second-order valence-electron chi connectivity index (χ2n) is 4.97. The first-order valence-corrected chi connectivity index (χ1v) is 6.41. The third-order valence-corrected chi connectivity index (χ3v) is 3.83. The van der Waals surface area contributed by atoms with Gasteiger partial charge in [0.1, 0.15) is 5.02 Å². The topological polar surface area (TPSA) is 46.9 Å².